The van der Waals surface area contributed by atoms with Crippen molar-refractivity contribution in [2.24, 2.45) is 0 Å². The number of halogens is 2. The van der Waals surface area contributed by atoms with Crippen molar-refractivity contribution in [2.75, 3.05) is 6.54 Å². The lowest BCUT2D eigenvalue weighted by Gasteiger charge is -2.24. The summed E-state index contributed by atoms with van der Waals surface area (Å²) in [5.74, 6) is 0. The number of nitrogens with zero attached hydrogens (tertiary/aromatic N) is 1. The summed E-state index contributed by atoms with van der Waals surface area (Å²) in [4.78, 5) is -0.279. The van der Waals surface area contributed by atoms with Gasteiger partial charge in [0.1, 0.15) is 0 Å². The van der Waals surface area contributed by atoms with Crippen LogP contribution in [0.25, 0.3) is 0 Å². The SMILES string of the molecule is O=S(=O)(c1ccccc1)N(CC(Cl)c1ccc(Cl)cc1)S(=O)(=O)c1ccccc1. The second-order valence-electron chi connectivity index (χ2n) is 6.11. The standard InChI is InChI=1S/C20H17Cl2NO4S2/c21-17-13-11-16(12-14-17)20(22)15-23(28(24,25)18-7-3-1-4-8-18)29(26,27)19-9-5-2-6-10-19/h1-14,20H,15H2. The number of sulfonamides is 2. The Kier molecular flexibility index (Phi) is 6.65. The van der Waals surface area contributed by atoms with E-state index in [2.05, 4.69) is 0 Å². The molecule has 0 bridgehead atoms. The Morgan fingerprint density at radius 1 is 0.690 bits per heavy atom. The first-order chi connectivity index (χ1) is 13.7. The molecule has 3 aromatic carbocycles. The van der Waals surface area contributed by atoms with Gasteiger partial charge in [-0.1, -0.05) is 63.8 Å². The van der Waals surface area contributed by atoms with Crippen LogP contribution < -0.4 is 0 Å². The fraction of sp³-hybridized carbons (Fsp3) is 0.100. The predicted molar refractivity (Wildman–Crippen MR) is 114 cm³/mol. The van der Waals surface area contributed by atoms with Crippen molar-refractivity contribution in [3.63, 3.8) is 0 Å². The number of hydrogen-bond donors (Lipinski definition) is 0. The molecule has 0 spiro atoms. The van der Waals surface area contributed by atoms with Crippen molar-refractivity contribution in [1.29, 1.82) is 0 Å². The van der Waals surface area contributed by atoms with Crippen molar-refractivity contribution in [3.8, 4) is 0 Å². The van der Waals surface area contributed by atoms with Crippen molar-refractivity contribution in [1.82, 2.24) is 3.71 Å². The van der Waals surface area contributed by atoms with Gasteiger partial charge in [0.25, 0.3) is 20.0 Å². The van der Waals surface area contributed by atoms with Gasteiger partial charge in [-0.25, -0.2) is 16.8 Å². The normalized spacial score (nSPS) is 13.3. The molecule has 3 aromatic rings. The van der Waals surface area contributed by atoms with Crippen LogP contribution in [0.1, 0.15) is 10.9 Å². The van der Waals surface area contributed by atoms with Crippen LogP contribution in [-0.2, 0) is 20.0 Å². The molecule has 9 heteroatoms. The lowest BCUT2D eigenvalue weighted by Crippen LogP contribution is -2.39. The molecule has 0 aliphatic carbocycles. The smallest absolute Gasteiger partial charge is 0.206 e. The molecule has 152 valence electrons. The highest BCUT2D eigenvalue weighted by Gasteiger charge is 2.38. The summed E-state index contributed by atoms with van der Waals surface area (Å²) in [7, 11) is -8.77. The minimum Gasteiger partial charge on any atom is -0.206 e. The van der Waals surface area contributed by atoms with E-state index < -0.39 is 32.0 Å². The summed E-state index contributed by atoms with van der Waals surface area (Å²) in [5.41, 5.74) is 0.549. The van der Waals surface area contributed by atoms with E-state index in [1.165, 1.54) is 48.5 Å². The minimum absolute atomic E-state index is 0.139. The molecule has 0 aromatic heterocycles. The lowest BCUT2D eigenvalue weighted by molar-refractivity contribution is 0.494. The van der Waals surface area contributed by atoms with Gasteiger partial charge in [0.15, 0.2) is 0 Å². The van der Waals surface area contributed by atoms with Crippen molar-refractivity contribution >= 4 is 43.2 Å². The Morgan fingerprint density at radius 2 is 1.10 bits per heavy atom. The van der Waals surface area contributed by atoms with Gasteiger partial charge in [0.05, 0.1) is 21.7 Å². The van der Waals surface area contributed by atoms with Crippen LogP contribution in [-0.4, -0.2) is 27.1 Å². The van der Waals surface area contributed by atoms with Crippen LogP contribution in [0, 0.1) is 0 Å². The Morgan fingerprint density at radius 3 is 1.52 bits per heavy atom. The Balaban J connectivity index is 2.08. The summed E-state index contributed by atoms with van der Waals surface area (Å²) in [6, 6.07) is 21.2. The summed E-state index contributed by atoms with van der Waals surface area (Å²) in [5, 5.41) is -0.424. The van der Waals surface area contributed by atoms with Gasteiger partial charge in [-0.3, -0.25) is 0 Å². The van der Waals surface area contributed by atoms with Crippen molar-refractivity contribution in [3.05, 3.63) is 95.5 Å². The van der Waals surface area contributed by atoms with Gasteiger partial charge in [0.2, 0.25) is 0 Å². The summed E-state index contributed by atoms with van der Waals surface area (Å²) < 4.78 is 53.4. The van der Waals surface area contributed by atoms with Gasteiger partial charge < -0.3 is 0 Å². The zero-order valence-electron chi connectivity index (χ0n) is 15.0. The van der Waals surface area contributed by atoms with Crippen molar-refractivity contribution < 1.29 is 16.8 Å². The van der Waals surface area contributed by atoms with Gasteiger partial charge in [-0.05, 0) is 42.0 Å². The second-order valence-corrected chi connectivity index (χ2v) is 11.0. The number of rotatable bonds is 7. The van der Waals surface area contributed by atoms with Gasteiger partial charge >= 0.3 is 0 Å². The average Bonchev–Trinajstić information content (AvgIpc) is 2.73. The van der Waals surface area contributed by atoms with E-state index in [1.807, 2.05) is 0 Å². The molecule has 0 heterocycles. The molecule has 0 amide bonds. The van der Waals surface area contributed by atoms with E-state index in [4.69, 9.17) is 23.2 Å². The maximum absolute atomic E-state index is 13.2. The minimum atomic E-state index is -4.38. The number of hydrogen-bond acceptors (Lipinski definition) is 4. The molecule has 0 radical (unpaired) electrons. The van der Waals surface area contributed by atoms with E-state index in [0.717, 1.165) is 0 Å². The Bertz CT molecular complexity index is 1100. The molecule has 0 fully saturated rings. The number of alkyl halides is 1. The summed E-state index contributed by atoms with van der Waals surface area (Å²) in [6.07, 6.45) is 0. The predicted octanol–water partition coefficient (Wildman–Crippen LogP) is 4.70. The quantitative estimate of drug-likeness (QED) is 0.470. The van der Waals surface area contributed by atoms with E-state index in [-0.39, 0.29) is 9.79 Å². The first-order valence-corrected chi connectivity index (χ1v) is 12.2. The van der Waals surface area contributed by atoms with Gasteiger partial charge in [-0.15, -0.1) is 11.6 Å². The third kappa shape index (κ3) is 4.82. The molecular weight excluding hydrogens is 453 g/mol. The Hall–Kier alpha value is -1.90. The van der Waals surface area contributed by atoms with Crippen LogP contribution >= 0.6 is 23.2 Å². The molecule has 0 aliphatic heterocycles. The van der Waals surface area contributed by atoms with Crippen LogP contribution in [0.4, 0.5) is 0 Å². The van der Waals surface area contributed by atoms with E-state index >= 15 is 0 Å². The number of benzene rings is 3. The molecule has 0 saturated carbocycles. The third-order valence-electron chi connectivity index (χ3n) is 4.16. The van der Waals surface area contributed by atoms with E-state index in [1.54, 1.807) is 36.4 Å². The van der Waals surface area contributed by atoms with Crippen LogP contribution in [0.2, 0.25) is 5.02 Å². The maximum atomic E-state index is 13.2. The highest BCUT2D eigenvalue weighted by molar-refractivity contribution is 8.04. The molecule has 0 N–H and O–H groups in total. The highest BCUT2D eigenvalue weighted by atomic mass is 35.5. The molecule has 5 nitrogen and oxygen atoms in total. The summed E-state index contributed by atoms with van der Waals surface area (Å²) in [6.45, 7) is -0.475. The van der Waals surface area contributed by atoms with Gasteiger partial charge in [-0.2, -0.15) is 0 Å². The van der Waals surface area contributed by atoms with E-state index in [0.29, 0.717) is 14.3 Å². The average molecular weight is 470 g/mol. The molecule has 1 atom stereocenters. The molecule has 0 aliphatic rings. The molecular formula is C20H17Cl2NO4S2. The molecule has 1 unspecified atom stereocenters. The topological polar surface area (TPSA) is 71.5 Å². The largest absolute Gasteiger partial charge is 0.256 e. The zero-order chi connectivity index (χ0) is 21.1. The fourth-order valence-electron chi connectivity index (χ4n) is 2.65. The molecule has 0 saturated heterocycles. The van der Waals surface area contributed by atoms with Crippen LogP contribution in [0.5, 0.6) is 0 Å². The molecule has 29 heavy (non-hydrogen) atoms. The van der Waals surface area contributed by atoms with Crippen LogP contribution in [0.3, 0.4) is 0 Å². The highest BCUT2D eigenvalue weighted by Crippen LogP contribution is 2.30. The second kappa shape index (κ2) is 8.85. The monoisotopic (exact) mass is 469 g/mol. The third-order valence-corrected chi connectivity index (χ3v) is 9.09. The van der Waals surface area contributed by atoms with E-state index in [9.17, 15) is 16.8 Å². The first-order valence-electron chi connectivity index (χ1n) is 8.50. The Labute approximate surface area is 180 Å². The van der Waals surface area contributed by atoms with Crippen molar-refractivity contribution in [2.45, 2.75) is 15.2 Å². The molecule has 3 rings (SSSR count). The van der Waals surface area contributed by atoms with Crippen LogP contribution in [0.15, 0.2) is 94.7 Å². The fourth-order valence-corrected chi connectivity index (χ4v) is 6.94. The zero-order valence-corrected chi connectivity index (χ0v) is 18.2. The lowest BCUT2D eigenvalue weighted by atomic mass is 10.1. The first kappa shape index (κ1) is 21.8. The van der Waals surface area contributed by atoms with Gasteiger partial charge in [0, 0.05) is 5.02 Å². The maximum Gasteiger partial charge on any atom is 0.256 e. The summed E-state index contributed by atoms with van der Waals surface area (Å²) >= 11 is 12.3.